The Morgan fingerprint density at radius 2 is 1.92 bits per heavy atom. The monoisotopic (exact) mass is 375 g/mol. The van der Waals surface area contributed by atoms with Gasteiger partial charge >= 0.3 is 0 Å². The number of carbonyl (C=O) groups excluding carboxylic acids is 1. The highest BCUT2D eigenvalue weighted by atomic mass is 32.1. The Morgan fingerprint density at radius 3 is 2.50 bits per heavy atom. The molecule has 1 saturated heterocycles. The molecule has 7 nitrogen and oxygen atoms in total. The minimum atomic E-state index is 0.0512. The van der Waals surface area contributed by atoms with Crippen LogP contribution in [-0.2, 0) is 11.3 Å². The largest absolute Gasteiger partial charge is 0.378 e. The summed E-state index contributed by atoms with van der Waals surface area (Å²) in [4.78, 5) is 20.9. The molecule has 140 valence electrons. The number of aromatic nitrogens is 2. The van der Waals surface area contributed by atoms with Crippen LogP contribution in [0.3, 0.4) is 0 Å². The number of nitrogens with zero attached hydrogens (tertiary/aromatic N) is 4. The van der Waals surface area contributed by atoms with Gasteiger partial charge in [0, 0.05) is 50.0 Å². The number of carbonyl (C=O) groups is 1. The van der Waals surface area contributed by atoms with Crippen LogP contribution >= 0.6 is 11.5 Å². The number of rotatable bonds is 5. The lowest BCUT2D eigenvalue weighted by Gasteiger charge is -2.35. The van der Waals surface area contributed by atoms with E-state index >= 15 is 0 Å². The van der Waals surface area contributed by atoms with E-state index in [-0.39, 0.29) is 18.1 Å². The normalized spacial score (nSPS) is 20.1. The lowest BCUT2D eigenvalue weighted by Crippen LogP contribution is -2.48. The molecular weight excluding hydrogens is 350 g/mol. The van der Waals surface area contributed by atoms with Gasteiger partial charge in [-0.15, -0.1) is 0 Å². The van der Waals surface area contributed by atoms with Gasteiger partial charge in [-0.05, 0) is 38.1 Å². The number of nitrogens with one attached hydrogen (secondary N) is 1. The van der Waals surface area contributed by atoms with Crippen LogP contribution in [-0.4, -0.2) is 59.6 Å². The van der Waals surface area contributed by atoms with Crippen molar-refractivity contribution in [3.8, 4) is 0 Å². The first-order valence-electron chi connectivity index (χ1n) is 8.71. The molecule has 2 atom stereocenters. The molecule has 1 aliphatic heterocycles. The fraction of sp³-hybridized carbons (Fsp3) is 0.500. The minimum Gasteiger partial charge on any atom is -0.378 e. The predicted molar refractivity (Wildman–Crippen MR) is 104 cm³/mol. The van der Waals surface area contributed by atoms with E-state index in [4.69, 9.17) is 4.74 Å². The van der Waals surface area contributed by atoms with E-state index in [2.05, 4.69) is 14.7 Å². The molecule has 0 bridgehead atoms. The van der Waals surface area contributed by atoms with Gasteiger partial charge in [-0.2, -0.15) is 4.37 Å². The number of hydrogen-bond donors (Lipinski definition) is 1. The van der Waals surface area contributed by atoms with Crippen molar-refractivity contribution in [2.45, 2.75) is 32.6 Å². The summed E-state index contributed by atoms with van der Waals surface area (Å²) in [5.74, 6) is 0.811. The van der Waals surface area contributed by atoms with E-state index in [0.717, 1.165) is 16.6 Å². The van der Waals surface area contributed by atoms with Gasteiger partial charge in [0.15, 0.2) is 5.82 Å². The van der Waals surface area contributed by atoms with E-state index in [0.29, 0.717) is 25.2 Å². The molecule has 1 N–H and O–H groups in total. The third kappa shape index (κ3) is 4.50. The van der Waals surface area contributed by atoms with Crippen molar-refractivity contribution in [1.82, 2.24) is 14.3 Å². The fourth-order valence-corrected chi connectivity index (χ4v) is 3.54. The van der Waals surface area contributed by atoms with Crippen molar-refractivity contribution in [2.24, 2.45) is 0 Å². The summed E-state index contributed by atoms with van der Waals surface area (Å²) in [6, 6.07) is 7.55. The van der Waals surface area contributed by atoms with Crippen LogP contribution < -0.4 is 10.2 Å². The quantitative estimate of drug-likeness (QED) is 0.866. The highest BCUT2D eigenvalue weighted by Crippen LogP contribution is 2.18. The topological polar surface area (TPSA) is 70.6 Å². The van der Waals surface area contributed by atoms with Crippen LogP contribution in [0.4, 0.5) is 10.8 Å². The Hall–Kier alpha value is -2.19. The Kier molecular flexibility index (Phi) is 5.73. The average Bonchev–Trinajstić information content (AvgIpc) is 3.08. The molecule has 26 heavy (non-hydrogen) atoms. The van der Waals surface area contributed by atoms with Crippen LogP contribution in [0.25, 0.3) is 0 Å². The lowest BCUT2D eigenvalue weighted by molar-refractivity contribution is -0.0586. The first-order chi connectivity index (χ1) is 12.4. The highest BCUT2D eigenvalue weighted by molar-refractivity contribution is 7.09. The molecule has 1 amide bonds. The molecule has 2 heterocycles. The zero-order valence-electron chi connectivity index (χ0n) is 15.6. The van der Waals surface area contributed by atoms with Crippen molar-refractivity contribution in [3.63, 3.8) is 0 Å². The molecule has 1 aromatic heterocycles. The lowest BCUT2D eigenvalue weighted by atomic mass is 10.1. The average molecular weight is 375 g/mol. The Balaban J connectivity index is 1.58. The summed E-state index contributed by atoms with van der Waals surface area (Å²) in [6.07, 6.45) is 0.141. The molecule has 1 aliphatic rings. The number of ether oxygens (including phenoxy) is 1. The maximum atomic E-state index is 12.7. The second kappa shape index (κ2) is 8.01. The first kappa shape index (κ1) is 18.6. The number of benzene rings is 1. The second-order valence-electron chi connectivity index (χ2n) is 6.79. The van der Waals surface area contributed by atoms with E-state index in [9.17, 15) is 4.79 Å². The molecule has 2 aromatic rings. The van der Waals surface area contributed by atoms with Gasteiger partial charge in [0.2, 0.25) is 5.13 Å². The van der Waals surface area contributed by atoms with Gasteiger partial charge in [0.05, 0.1) is 18.8 Å². The Morgan fingerprint density at radius 1 is 1.27 bits per heavy atom. The smallest absolute Gasteiger partial charge is 0.254 e. The molecule has 3 rings (SSSR count). The molecule has 0 saturated carbocycles. The van der Waals surface area contributed by atoms with E-state index < -0.39 is 0 Å². The van der Waals surface area contributed by atoms with Crippen molar-refractivity contribution in [1.29, 1.82) is 0 Å². The molecule has 0 radical (unpaired) electrons. The van der Waals surface area contributed by atoms with Crippen LogP contribution in [0.15, 0.2) is 24.3 Å². The molecule has 0 spiro atoms. The van der Waals surface area contributed by atoms with Gasteiger partial charge < -0.3 is 19.9 Å². The van der Waals surface area contributed by atoms with Crippen LogP contribution in [0.1, 0.15) is 30.0 Å². The Bertz CT molecular complexity index is 736. The zero-order chi connectivity index (χ0) is 18.7. The standard InChI is InChI=1S/C18H25N5O2S/c1-12-10-23(11-13(2)25-12)17(24)14-5-7-15(8-6-14)19-9-16-20-18(22(3)4)26-21-16/h5-8,12-13,19H,9-11H2,1-4H3. The third-order valence-electron chi connectivity index (χ3n) is 4.13. The summed E-state index contributed by atoms with van der Waals surface area (Å²) >= 11 is 1.38. The van der Waals surface area contributed by atoms with Gasteiger partial charge in [0.1, 0.15) is 0 Å². The van der Waals surface area contributed by atoms with Crippen molar-refractivity contribution in [3.05, 3.63) is 35.7 Å². The van der Waals surface area contributed by atoms with Gasteiger partial charge in [-0.3, -0.25) is 4.79 Å². The number of anilines is 2. The maximum absolute atomic E-state index is 12.7. The highest BCUT2D eigenvalue weighted by Gasteiger charge is 2.26. The molecule has 2 unspecified atom stereocenters. The number of morpholine rings is 1. The van der Waals surface area contributed by atoms with Gasteiger partial charge in [0.25, 0.3) is 5.91 Å². The van der Waals surface area contributed by atoms with Crippen LogP contribution in [0, 0.1) is 0 Å². The van der Waals surface area contributed by atoms with Crippen LogP contribution in [0.2, 0.25) is 0 Å². The predicted octanol–water partition coefficient (Wildman–Crippen LogP) is 2.47. The number of amides is 1. The van der Waals surface area contributed by atoms with E-state index in [1.165, 1.54) is 11.5 Å². The SMILES string of the molecule is CC1CN(C(=O)c2ccc(NCc3nsc(N(C)C)n3)cc2)CC(C)O1. The Labute approximate surface area is 158 Å². The minimum absolute atomic E-state index is 0.0512. The molecular formula is C18H25N5O2S. The van der Waals surface area contributed by atoms with Crippen molar-refractivity contribution in [2.75, 3.05) is 37.4 Å². The summed E-state index contributed by atoms with van der Waals surface area (Å²) < 4.78 is 10.0. The molecule has 1 fully saturated rings. The summed E-state index contributed by atoms with van der Waals surface area (Å²) in [7, 11) is 3.90. The fourth-order valence-electron chi connectivity index (χ4n) is 2.94. The maximum Gasteiger partial charge on any atom is 0.254 e. The third-order valence-corrected chi connectivity index (χ3v) is 5.05. The van der Waals surface area contributed by atoms with Crippen molar-refractivity contribution < 1.29 is 9.53 Å². The summed E-state index contributed by atoms with van der Waals surface area (Å²) in [5, 5.41) is 4.18. The number of hydrogen-bond acceptors (Lipinski definition) is 7. The van der Waals surface area contributed by atoms with E-state index in [1.54, 1.807) is 0 Å². The molecule has 8 heteroatoms. The molecule has 1 aromatic carbocycles. The summed E-state index contributed by atoms with van der Waals surface area (Å²) in [6.45, 7) is 5.81. The van der Waals surface area contributed by atoms with Gasteiger partial charge in [-0.25, -0.2) is 4.98 Å². The van der Waals surface area contributed by atoms with Gasteiger partial charge in [-0.1, -0.05) is 0 Å². The van der Waals surface area contributed by atoms with E-state index in [1.807, 2.05) is 62.0 Å². The van der Waals surface area contributed by atoms with Crippen LogP contribution in [0.5, 0.6) is 0 Å². The second-order valence-corrected chi connectivity index (χ2v) is 7.52. The molecule has 0 aliphatic carbocycles. The first-order valence-corrected chi connectivity index (χ1v) is 9.48. The van der Waals surface area contributed by atoms with Crippen molar-refractivity contribution >= 4 is 28.3 Å². The zero-order valence-corrected chi connectivity index (χ0v) is 16.4. The summed E-state index contributed by atoms with van der Waals surface area (Å²) in [5.41, 5.74) is 1.63.